The first kappa shape index (κ1) is 20.4. The Hall–Kier alpha value is -2.33. The van der Waals surface area contributed by atoms with Crippen LogP contribution in [0.2, 0.25) is 0 Å². The van der Waals surface area contributed by atoms with Crippen molar-refractivity contribution < 1.29 is 0 Å². The molecule has 0 saturated carbocycles. The first-order chi connectivity index (χ1) is 13.8. The Bertz CT molecular complexity index is 674. The van der Waals surface area contributed by atoms with Gasteiger partial charge in [0.05, 0.1) is 6.54 Å². The van der Waals surface area contributed by atoms with Crippen LogP contribution in [0.4, 0.5) is 0 Å². The molecule has 0 radical (unpaired) electrons. The number of nitrogens with one attached hydrogen (secondary N) is 2. The normalized spacial score (nSPS) is 18.2. The third-order valence-corrected chi connectivity index (χ3v) is 5.46. The highest BCUT2D eigenvalue weighted by Crippen LogP contribution is 2.24. The first-order valence-electron chi connectivity index (χ1n) is 10.6. The van der Waals surface area contributed by atoms with Crippen LogP contribution in [0.1, 0.15) is 36.8 Å². The molecule has 2 aromatic rings. The van der Waals surface area contributed by atoms with E-state index in [0.29, 0.717) is 5.92 Å². The van der Waals surface area contributed by atoms with Crippen LogP contribution in [0.3, 0.4) is 0 Å². The van der Waals surface area contributed by atoms with Crippen molar-refractivity contribution in [3.8, 4) is 0 Å². The van der Waals surface area contributed by atoms with Crippen molar-refractivity contribution in [2.45, 2.75) is 25.7 Å². The highest BCUT2D eigenvalue weighted by Gasteiger charge is 2.18. The maximum atomic E-state index is 4.95. The molecule has 0 spiro atoms. The summed E-state index contributed by atoms with van der Waals surface area (Å²) in [6, 6.07) is 21.4. The molecule has 2 aromatic carbocycles. The minimum absolute atomic E-state index is 0.263. The smallest absolute Gasteiger partial charge is 0.191 e. The van der Waals surface area contributed by atoms with Gasteiger partial charge in [0.15, 0.2) is 5.96 Å². The third kappa shape index (κ3) is 6.10. The molecule has 1 aliphatic rings. The van der Waals surface area contributed by atoms with Gasteiger partial charge in [0.25, 0.3) is 0 Å². The van der Waals surface area contributed by atoms with Crippen LogP contribution in [0.5, 0.6) is 0 Å². The number of likely N-dealkylation sites (tertiary alicyclic amines) is 1. The number of aliphatic imine (C=N–C) groups is 1. The fourth-order valence-electron chi connectivity index (χ4n) is 3.98. The van der Waals surface area contributed by atoms with Crippen LogP contribution in [0, 0.1) is 5.92 Å². The summed E-state index contributed by atoms with van der Waals surface area (Å²) in [5.41, 5.74) is 2.62. The first-order valence-corrected chi connectivity index (χ1v) is 10.6. The van der Waals surface area contributed by atoms with Crippen molar-refractivity contribution in [3.63, 3.8) is 0 Å². The van der Waals surface area contributed by atoms with Crippen LogP contribution in [-0.4, -0.2) is 50.6 Å². The van der Waals surface area contributed by atoms with Gasteiger partial charge in [-0.05, 0) is 50.4 Å². The number of piperidine rings is 1. The third-order valence-electron chi connectivity index (χ3n) is 5.46. The van der Waals surface area contributed by atoms with E-state index in [-0.39, 0.29) is 5.92 Å². The summed E-state index contributed by atoms with van der Waals surface area (Å²) in [5.74, 6) is 1.88. The number of hydrogen-bond acceptors (Lipinski definition) is 2. The summed E-state index contributed by atoms with van der Waals surface area (Å²) in [7, 11) is 2.22. The summed E-state index contributed by atoms with van der Waals surface area (Å²) in [6.45, 7) is 7.10. The SMILES string of the molecule is CCNC(=NCC(c1ccccc1)c1ccccc1)NCC1CCCN(C)C1. The fraction of sp³-hybridized carbons (Fsp3) is 0.458. The van der Waals surface area contributed by atoms with Crippen molar-refractivity contribution in [1.82, 2.24) is 15.5 Å². The van der Waals surface area contributed by atoms with E-state index >= 15 is 0 Å². The zero-order chi connectivity index (χ0) is 19.6. The summed E-state index contributed by atoms with van der Waals surface area (Å²) >= 11 is 0. The van der Waals surface area contributed by atoms with Gasteiger partial charge in [-0.2, -0.15) is 0 Å². The fourth-order valence-corrected chi connectivity index (χ4v) is 3.98. The predicted molar refractivity (Wildman–Crippen MR) is 119 cm³/mol. The Kier molecular flexibility index (Phi) is 7.92. The lowest BCUT2D eigenvalue weighted by Crippen LogP contribution is -2.43. The zero-order valence-electron chi connectivity index (χ0n) is 17.3. The minimum Gasteiger partial charge on any atom is -0.357 e. The molecule has 2 N–H and O–H groups in total. The number of nitrogens with zero attached hydrogens (tertiary/aromatic N) is 2. The maximum absolute atomic E-state index is 4.95. The van der Waals surface area contributed by atoms with Crippen molar-refractivity contribution in [2.24, 2.45) is 10.9 Å². The molecule has 0 aromatic heterocycles. The predicted octanol–water partition coefficient (Wildman–Crippen LogP) is 3.72. The molecule has 150 valence electrons. The van der Waals surface area contributed by atoms with Crippen molar-refractivity contribution in [3.05, 3.63) is 71.8 Å². The van der Waals surface area contributed by atoms with Crippen LogP contribution in [0.25, 0.3) is 0 Å². The van der Waals surface area contributed by atoms with Crippen LogP contribution in [0.15, 0.2) is 65.7 Å². The van der Waals surface area contributed by atoms with E-state index < -0.39 is 0 Å². The molecule has 1 fully saturated rings. The van der Waals surface area contributed by atoms with Crippen molar-refractivity contribution in [1.29, 1.82) is 0 Å². The monoisotopic (exact) mass is 378 g/mol. The summed E-state index contributed by atoms with van der Waals surface area (Å²) in [4.78, 5) is 7.38. The topological polar surface area (TPSA) is 39.7 Å². The Morgan fingerprint density at radius 2 is 1.68 bits per heavy atom. The van der Waals surface area contributed by atoms with Gasteiger partial charge in [-0.15, -0.1) is 0 Å². The number of hydrogen-bond donors (Lipinski definition) is 2. The van der Waals surface area contributed by atoms with E-state index in [4.69, 9.17) is 4.99 Å². The van der Waals surface area contributed by atoms with E-state index in [1.165, 1.54) is 37.1 Å². The van der Waals surface area contributed by atoms with E-state index in [1.807, 2.05) is 0 Å². The second kappa shape index (κ2) is 10.9. The van der Waals surface area contributed by atoms with Crippen molar-refractivity contribution >= 4 is 5.96 Å². The number of rotatable bonds is 7. The van der Waals surface area contributed by atoms with Gasteiger partial charge >= 0.3 is 0 Å². The summed E-state index contributed by atoms with van der Waals surface area (Å²) in [5, 5.41) is 7.00. The number of benzene rings is 2. The Morgan fingerprint density at radius 3 is 2.25 bits per heavy atom. The zero-order valence-corrected chi connectivity index (χ0v) is 17.3. The molecular weight excluding hydrogens is 344 g/mol. The summed E-state index contributed by atoms with van der Waals surface area (Å²) < 4.78 is 0. The molecular formula is C24H34N4. The molecule has 1 heterocycles. The Morgan fingerprint density at radius 1 is 1.04 bits per heavy atom. The van der Waals surface area contributed by atoms with Gasteiger partial charge < -0.3 is 15.5 Å². The quantitative estimate of drug-likeness (QED) is 0.570. The van der Waals surface area contributed by atoms with Gasteiger partial charge in [0.1, 0.15) is 0 Å². The molecule has 3 rings (SSSR count). The lowest BCUT2D eigenvalue weighted by molar-refractivity contribution is 0.210. The largest absolute Gasteiger partial charge is 0.357 e. The number of guanidine groups is 1. The van der Waals surface area contributed by atoms with Crippen LogP contribution >= 0.6 is 0 Å². The molecule has 4 heteroatoms. The summed E-state index contributed by atoms with van der Waals surface area (Å²) in [6.07, 6.45) is 2.59. The van der Waals surface area contributed by atoms with Gasteiger partial charge in [0.2, 0.25) is 0 Å². The average Bonchev–Trinajstić information content (AvgIpc) is 2.74. The highest BCUT2D eigenvalue weighted by molar-refractivity contribution is 5.79. The lowest BCUT2D eigenvalue weighted by atomic mass is 9.91. The second-order valence-electron chi connectivity index (χ2n) is 7.74. The average molecular weight is 379 g/mol. The van der Waals surface area contributed by atoms with Crippen LogP contribution in [-0.2, 0) is 0 Å². The van der Waals surface area contributed by atoms with Gasteiger partial charge in [-0.3, -0.25) is 4.99 Å². The molecule has 0 bridgehead atoms. The Balaban J connectivity index is 1.69. The van der Waals surface area contributed by atoms with E-state index in [9.17, 15) is 0 Å². The van der Waals surface area contributed by atoms with E-state index in [0.717, 1.165) is 25.6 Å². The van der Waals surface area contributed by atoms with Crippen LogP contribution < -0.4 is 10.6 Å². The molecule has 4 nitrogen and oxygen atoms in total. The van der Waals surface area contributed by atoms with Gasteiger partial charge in [-0.1, -0.05) is 60.7 Å². The molecule has 1 aliphatic heterocycles. The molecule has 0 aliphatic carbocycles. The second-order valence-corrected chi connectivity index (χ2v) is 7.74. The standard InChI is InChI=1S/C24H34N4/c1-3-25-24(26-17-20-11-10-16-28(2)19-20)27-18-23(21-12-6-4-7-13-21)22-14-8-5-9-15-22/h4-9,12-15,20,23H,3,10-11,16-19H2,1-2H3,(H2,25,26,27). The highest BCUT2D eigenvalue weighted by atomic mass is 15.2. The molecule has 1 unspecified atom stereocenters. The maximum Gasteiger partial charge on any atom is 0.191 e. The van der Waals surface area contributed by atoms with E-state index in [1.54, 1.807) is 0 Å². The molecule has 1 atom stereocenters. The van der Waals surface area contributed by atoms with Gasteiger partial charge in [0, 0.05) is 25.6 Å². The lowest BCUT2D eigenvalue weighted by Gasteiger charge is -2.30. The molecule has 0 amide bonds. The minimum atomic E-state index is 0.263. The van der Waals surface area contributed by atoms with Gasteiger partial charge in [-0.25, -0.2) is 0 Å². The Labute approximate surface area is 170 Å². The molecule has 1 saturated heterocycles. The van der Waals surface area contributed by atoms with Crippen molar-refractivity contribution in [2.75, 3.05) is 39.8 Å². The molecule has 28 heavy (non-hydrogen) atoms. The van der Waals surface area contributed by atoms with E-state index in [2.05, 4.69) is 90.2 Å².